The van der Waals surface area contributed by atoms with Crippen molar-refractivity contribution in [2.45, 2.75) is 26.2 Å². The minimum Gasteiger partial charge on any atom is -0.332 e. The number of carbonyl (C=O) groups is 2. The van der Waals surface area contributed by atoms with Crippen molar-refractivity contribution in [2.24, 2.45) is 0 Å². The highest BCUT2D eigenvalue weighted by Gasteiger charge is 2.11. The normalized spacial score (nSPS) is 10.1. The lowest BCUT2D eigenvalue weighted by atomic mass is 10.2. The van der Waals surface area contributed by atoms with Gasteiger partial charge in [-0.2, -0.15) is 0 Å². The molecule has 3 N–H and O–H groups in total. The molecule has 0 saturated heterocycles. The summed E-state index contributed by atoms with van der Waals surface area (Å²) in [6.07, 6.45) is 2.33. The van der Waals surface area contributed by atoms with Gasteiger partial charge in [-0.1, -0.05) is 31.5 Å². The van der Waals surface area contributed by atoms with Crippen molar-refractivity contribution in [3.05, 3.63) is 57.7 Å². The first-order chi connectivity index (χ1) is 12.5. The first-order valence-electron chi connectivity index (χ1n) is 8.26. The molecule has 0 heterocycles. The van der Waals surface area contributed by atoms with Gasteiger partial charge in [-0.05, 0) is 71.6 Å². The fraction of sp³-hybridized carbons (Fsp3) is 0.211. The summed E-state index contributed by atoms with van der Waals surface area (Å²) in [6.45, 7) is 2.05. The van der Waals surface area contributed by atoms with Crippen LogP contribution in [-0.4, -0.2) is 16.9 Å². The van der Waals surface area contributed by atoms with Gasteiger partial charge in [0.2, 0.25) is 5.91 Å². The molecule has 7 heteroatoms. The maximum Gasteiger partial charge on any atom is 0.258 e. The average molecular weight is 481 g/mol. The Hall–Kier alpha value is -2.00. The van der Waals surface area contributed by atoms with Crippen LogP contribution in [0.5, 0.6) is 0 Å². The Labute approximate surface area is 172 Å². The van der Waals surface area contributed by atoms with E-state index in [2.05, 4.69) is 38.5 Å². The van der Waals surface area contributed by atoms with Crippen LogP contribution >= 0.6 is 34.8 Å². The van der Waals surface area contributed by atoms with Gasteiger partial charge in [-0.25, -0.2) is 0 Å². The van der Waals surface area contributed by atoms with E-state index in [4.69, 9.17) is 12.2 Å². The molecule has 26 heavy (non-hydrogen) atoms. The molecule has 0 radical (unpaired) electrons. The SMILES string of the molecule is CCCCC(=O)Nc1cccc(NC(=S)NC(=O)c2ccccc2I)c1. The van der Waals surface area contributed by atoms with E-state index in [0.717, 1.165) is 16.4 Å². The molecule has 0 aliphatic rings. The van der Waals surface area contributed by atoms with E-state index in [1.807, 2.05) is 37.3 Å². The third-order valence-electron chi connectivity index (χ3n) is 3.51. The summed E-state index contributed by atoms with van der Waals surface area (Å²) in [5.74, 6) is -0.282. The lowest BCUT2D eigenvalue weighted by molar-refractivity contribution is -0.116. The molecule has 2 aromatic rings. The highest BCUT2D eigenvalue weighted by molar-refractivity contribution is 14.1. The molecule has 2 amide bonds. The Morgan fingerprint density at radius 3 is 2.42 bits per heavy atom. The molecule has 0 aliphatic heterocycles. The number of hydrogen-bond donors (Lipinski definition) is 3. The number of unbranched alkanes of at least 4 members (excludes halogenated alkanes) is 1. The Bertz CT molecular complexity index is 811. The number of carbonyl (C=O) groups excluding carboxylic acids is 2. The maximum atomic E-state index is 12.3. The molecular weight excluding hydrogens is 461 g/mol. The third kappa shape index (κ3) is 6.38. The Morgan fingerprint density at radius 1 is 1.04 bits per heavy atom. The topological polar surface area (TPSA) is 70.2 Å². The van der Waals surface area contributed by atoms with Gasteiger partial charge in [-0.3, -0.25) is 14.9 Å². The summed E-state index contributed by atoms with van der Waals surface area (Å²) in [6, 6.07) is 14.5. The zero-order chi connectivity index (χ0) is 18.9. The van der Waals surface area contributed by atoms with E-state index in [9.17, 15) is 9.59 Å². The van der Waals surface area contributed by atoms with Gasteiger partial charge in [0.1, 0.15) is 0 Å². The van der Waals surface area contributed by atoms with Crippen molar-refractivity contribution in [3.63, 3.8) is 0 Å². The number of benzene rings is 2. The van der Waals surface area contributed by atoms with Gasteiger partial charge in [0, 0.05) is 21.4 Å². The number of nitrogens with one attached hydrogen (secondary N) is 3. The minimum absolute atomic E-state index is 0.0152. The van der Waals surface area contributed by atoms with Crippen LogP contribution in [0.3, 0.4) is 0 Å². The van der Waals surface area contributed by atoms with Gasteiger partial charge in [0.05, 0.1) is 5.56 Å². The molecule has 0 saturated carbocycles. The smallest absolute Gasteiger partial charge is 0.258 e. The van der Waals surface area contributed by atoms with Crippen LogP contribution < -0.4 is 16.0 Å². The monoisotopic (exact) mass is 481 g/mol. The summed E-state index contributed by atoms with van der Waals surface area (Å²) in [5, 5.41) is 8.68. The van der Waals surface area contributed by atoms with Gasteiger partial charge < -0.3 is 10.6 Å². The predicted octanol–water partition coefficient (Wildman–Crippen LogP) is 4.55. The van der Waals surface area contributed by atoms with E-state index in [1.54, 1.807) is 18.2 Å². The van der Waals surface area contributed by atoms with Gasteiger partial charge >= 0.3 is 0 Å². The number of anilines is 2. The van der Waals surface area contributed by atoms with E-state index in [0.29, 0.717) is 23.4 Å². The predicted molar refractivity (Wildman–Crippen MR) is 117 cm³/mol. The summed E-state index contributed by atoms with van der Waals surface area (Å²) < 4.78 is 0.849. The van der Waals surface area contributed by atoms with Crippen LogP contribution in [0, 0.1) is 3.57 Å². The summed E-state index contributed by atoms with van der Waals surface area (Å²) in [5.41, 5.74) is 1.93. The Balaban J connectivity index is 1.94. The number of rotatable bonds is 6. The van der Waals surface area contributed by atoms with E-state index >= 15 is 0 Å². The summed E-state index contributed by atoms with van der Waals surface area (Å²) in [4.78, 5) is 24.1. The third-order valence-corrected chi connectivity index (χ3v) is 4.65. The molecule has 2 aromatic carbocycles. The standard InChI is InChI=1S/C19H20IN3O2S/c1-2-3-11-17(24)21-13-7-6-8-14(12-13)22-19(26)23-18(25)15-9-4-5-10-16(15)20/h4-10,12H,2-3,11H2,1H3,(H,21,24)(H2,22,23,25,26). The highest BCUT2D eigenvalue weighted by Crippen LogP contribution is 2.16. The molecule has 0 spiro atoms. The molecule has 0 aliphatic carbocycles. The average Bonchev–Trinajstić information content (AvgIpc) is 2.60. The molecule has 136 valence electrons. The van der Waals surface area contributed by atoms with Crippen LogP contribution in [0.25, 0.3) is 0 Å². The highest BCUT2D eigenvalue weighted by atomic mass is 127. The number of halogens is 1. The van der Waals surface area contributed by atoms with Crippen LogP contribution in [0.4, 0.5) is 11.4 Å². The van der Waals surface area contributed by atoms with Crippen molar-refractivity contribution in [1.29, 1.82) is 0 Å². The minimum atomic E-state index is -0.267. The molecule has 0 bridgehead atoms. The molecule has 5 nitrogen and oxygen atoms in total. The number of thiocarbonyl (C=S) groups is 1. The lowest BCUT2D eigenvalue weighted by Gasteiger charge is -2.12. The van der Waals surface area contributed by atoms with E-state index < -0.39 is 0 Å². The van der Waals surface area contributed by atoms with Gasteiger partial charge in [0.25, 0.3) is 5.91 Å². The van der Waals surface area contributed by atoms with Crippen molar-refractivity contribution >= 4 is 63.1 Å². The summed E-state index contributed by atoms with van der Waals surface area (Å²) in [7, 11) is 0. The van der Waals surface area contributed by atoms with E-state index in [-0.39, 0.29) is 16.9 Å². The Morgan fingerprint density at radius 2 is 1.73 bits per heavy atom. The van der Waals surface area contributed by atoms with E-state index in [1.165, 1.54) is 0 Å². The Kier molecular flexibility index (Phi) is 7.99. The second-order valence-corrected chi connectivity index (χ2v) is 7.19. The maximum absolute atomic E-state index is 12.3. The van der Waals surface area contributed by atoms with Crippen LogP contribution in [0.1, 0.15) is 36.5 Å². The number of amides is 2. The fourth-order valence-corrected chi connectivity index (χ4v) is 3.06. The van der Waals surface area contributed by atoms with Gasteiger partial charge in [-0.15, -0.1) is 0 Å². The van der Waals surface area contributed by atoms with Crippen LogP contribution in [0.15, 0.2) is 48.5 Å². The van der Waals surface area contributed by atoms with Crippen LogP contribution in [-0.2, 0) is 4.79 Å². The molecule has 0 fully saturated rings. The summed E-state index contributed by atoms with van der Waals surface area (Å²) >= 11 is 7.32. The second-order valence-electron chi connectivity index (χ2n) is 5.62. The molecular formula is C19H20IN3O2S. The first kappa shape index (κ1) is 20.3. The van der Waals surface area contributed by atoms with Crippen molar-refractivity contribution in [2.75, 3.05) is 10.6 Å². The fourth-order valence-electron chi connectivity index (χ4n) is 2.21. The molecule has 0 aromatic heterocycles. The largest absolute Gasteiger partial charge is 0.332 e. The quantitative estimate of drug-likeness (QED) is 0.419. The first-order valence-corrected chi connectivity index (χ1v) is 9.75. The molecule has 0 atom stereocenters. The van der Waals surface area contributed by atoms with Crippen molar-refractivity contribution < 1.29 is 9.59 Å². The lowest BCUT2D eigenvalue weighted by Crippen LogP contribution is -2.34. The molecule has 2 rings (SSSR count). The van der Waals surface area contributed by atoms with Crippen molar-refractivity contribution in [1.82, 2.24) is 5.32 Å². The second kappa shape index (κ2) is 10.2. The van der Waals surface area contributed by atoms with Gasteiger partial charge in [0.15, 0.2) is 5.11 Å². The zero-order valence-corrected chi connectivity index (χ0v) is 17.3. The van der Waals surface area contributed by atoms with Crippen LogP contribution in [0.2, 0.25) is 0 Å². The molecule has 0 unspecified atom stereocenters. The number of hydrogen-bond acceptors (Lipinski definition) is 3. The zero-order valence-electron chi connectivity index (χ0n) is 14.3. The van der Waals surface area contributed by atoms with Crippen molar-refractivity contribution in [3.8, 4) is 0 Å².